The fraction of sp³-hybridized carbons (Fsp3) is 0.769. The molecule has 0 bridgehead atoms. The summed E-state index contributed by atoms with van der Waals surface area (Å²) >= 11 is 0. The topological polar surface area (TPSA) is 75.4 Å². The Morgan fingerprint density at radius 2 is 2.47 bits per heavy atom. The SMILES string of the molecule is C=CCC(N)C(=O)NC1(CO)CCCC(C)C1. The molecule has 0 aliphatic heterocycles. The summed E-state index contributed by atoms with van der Waals surface area (Å²) in [7, 11) is 0. The second kappa shape index (κ2) is 6.17. The molecule has 1 aliphatic rings. The van der Waals surface area contributed by atoms with Gasteiger partial charge in [-0.3, -0.25) is 4.79 Å². The van der Waals surface area contributed by atoms with Crippen LogP contribution in [0.25, 0.3) is 0 Å². The van der Waals surface area contributed by atoms with Gasteiger partial charge in [0.1, 0.15) is 0 Å². The second-order valence-corrected chi connectivity index (χ2v) is 5.26. The van der Waals surface area contributed by atoms with Crippen LogP contribution in [0.5, 0.6) is 0 Å². The highest BCUT2D eigenvalue weighted by atomic mass is 16.3. The molecule has 4 nitrogen and oxygen atoms in total. The van der Waals surface area contributed by atoms with Crippen LogP contribution >= 0.6 is 0 Å². The lowest BCUT2D eigenvalue weighted by Gasteiger charge is -2.40. The van der Waals surface area contributed by atoms with E-state index in [1.54, 1.807) is 6.08 Å². The number of hydrogen-bond acceptors (Lipinski definition) is 3. The van der Waals surface area contributed by atoms with Crippen molar-refractivity contribution < 1.29 is 9.90 Å². The van der Waals surface area contributed by atoms with Crippen LogP contribution in [0, 0.1) is 5.92 Å². The standard InChI is InChI=1S/C13H24N2O2/c1-3-5-11(14)12(17)15-13(9-16)7-4-6-10(2)8-13/h3,10-11,16H,1,4-9,14H2,2H3,(H,15,17). The Morgan fingerprint density at radius 1 is 1.76 bits per heavy atom. The van der Waals surface area contributed by atoms with Crippen LogP contribution < -0.4 is 11.1 Å². The third-order valence-electron chi connectivity index (χ3n) is 3.54. The minimum absolute atomic E-state index is 0.0100. The van der Waals surface area contributed by atoms with Crippen LogP contribution in [0.1, 0.15) is 39.0 Å². The lowest BCUT2D eigenvalue weighted by Crippen LogP contribution is -2.57. The molecule has 1 fully saturated rings. The van der Waals surface area contributed by atoms with Crippen molar-refractivity contribution in [2.24, 2.45) is 11.7 Å². The summed E-state index contributed by atoms with van der Waals surface area (Å²) in [4.78, 5) is 11.9. The minimum atomic E-state index is -0.562. The number of aliphatic hydroxyl groups excluding tert-OH is 1. The molecular formula is C13H24N2O2. The minimum Gasteiger partial charge on any atom is -0.394 e. The van der Waals surface area contributed by atoms with Crippen molar-refractivity contribution in [2.75, 3.05) is 6.61 Å². The molecule has 0 saturated heterocycles. The quantitative estimate of drug-likeness (QED) is 0.626. The Balaban J connectivity index is 2.61. The van der Waals surface area contributed by atoms with E-state index in [4.69, 9.17) is 5.73 Å². The number of aliphatic hydroxyl groups is 1. The molecule has 0 spiro atoms. The van der Waals surface area contributed by atoms with Gasteiger partial charge in [0.05, 0.1) is 18.2 Å². The van der Waals surface area contributed by atoms with E-state index in [2.05, 4.69) is 18.8 Å². The summed E-state index contributed by atoms with van der Waals surface area (Å²) in [6, 6.07) is -0.562. The Labute approximate surface area is 103 Å². The molecule has 3 atom stereocenters. The van der Waals surface area contributed by atoms with Crippen LogP contribution in [-0.2, 0) is 4.79 Å². The van der Waals surface area contributed by atoms with Crippen molar-refractivity contribution in [3.63, 3.8) is 0 Å². The summed E-state index contributed by atoms with van der Waals surface area (Å²) in [5, 5.41) is 12.5. The highest BCUT2D eigenvalue weighted by Gasteiger charge is 2.36. The van der Waals surface area contributed by atoms with Gasteiger partial charge < -0.3 is 16.2 Å². The van der Waals surface area contributed by atoms with Crippen molar-refractivity contribution in [3.8, 4) is 0 Å². The Morgan fingerprint density at radius 3 is 3.00 bits per heavy atom. The lowest BCUT2D eigenvalue weighted by molar-refractivity contribution is -0.125. The first-order chi connectivity index (χ1) is 8.03. The second-order valence-electron chi connectivity index (χ2n) is 5.26. The zero-order chi connectivity index (χ0) is 12.9. The molecule has 17 heavy (non-hydrogen) atoms. The zero-order valence-electron chi connectivity index (χ0n) is 10.6. The Bertz CT molecular complexity index is 281. The number of carbonyl (C=O) groups is 1. The molecule has 0 radical (unpaired) electrons. The van der Waals surface area contributed by atoms with Gasteiger partial charge >= 0.3 is 0 Å². The molecule has 1 rings (SSSR count). The largest absolute Gasteiger partial charge is 0.394 e. The molecule has 0 heterocycles. The van der Waals surface area contributed by atoms with Gasteiger partial charge in [0, 0.05) is 0 Å². The van der Waals surface area contributed by atoms with Crippen molar-refractivity contribution in [3.05, 3.63) is 12.7 Å². The van der Waals surface area contributed by atoms with Gasteiger partial charge in [0.2, 0.25) is 5.91 Å². The first-order valence-corrected chi connectivity index (χ1v) is 6.32. The molecule has 0 aromatic rings. The number of hydrogen-bond donors (Lipinski definition) is 3. The predicted octanol–water partition coefficient (Wildman–Crippen LogP) is 0.947. The van der Waals surface area contributed by atoms with E-state index in [0.717, 1.165) is 25.7 Å². The van der Waals surface area contributed by atoms with Crippen LogP contribution in [0.3, 0.4) is 0 Å². The smallest absolute Gasteiger partial charge is 0.237 e. The maximum atomic E-state index is 11.9. The van der Waals surface area contributed by atoms with Gasteiger partial charge in [-0.15, -0.1) is 6.58 Å². The van der Waals surface area contributed by atoms with E-state index >= 15 is 0 Å². The van der Waals surface area contributed by atoms with E-state index in [0.29, 0.717) is 12.3 Å². The molecule has 1 saturated carbocycles. The molecule has 4 heteroatoms. The summed E-state index contributed by atoms with van der Waals surface area (Å²) < 4.78 is 0. The molecule has 0 aromatic carbocycles. The fourth-order valence-electron chi connectivity index (χ4n) is 2.60. The summed E-state index contributed by atoms with van der Waals surface area (Å²) in [5.41, 5.74) is 5.26. The van der Waals surface area contributed by atoms with E-state index in [1.807, 2.05) is 0 Å². The highest BCUT2D eigenvalue weighted by Crippen LogP contribution is 2.31. The molecule has 1 aliphatic carbocycles. The maximum absolute atomic E-state index is 11.9. The van der Waals surface area contributed by atoms with Gasteiger partial charge in [-0.25, -0.2) is 0 Å². The first-order valence-electron chi connectivity index (χ1n) is 6.32. The summed E-state index contributed by atoms with van der Waals surface area (Å²) in [6.07, 6.45) is 5.97. The average molecular weight is 240 g/mol. The zero-order valence-corrected chi connectivity index (χ0v) is 10.6. The van der Waals surface area contributed by atoms with Crippen LogP contribution in [0.15, 0.2) is 12.7 Å². The number of nitrogens with two attached hydrogens (primary N) is 1. The van der Waals surface area contributed by atoms with Crippen LogP contribution in [0.2, 0.25) is 0 Å². The van der Waals surface area contributed by atoms with Gasteiger partial charge in [-0.1, -0.05) is 25.8 Å². The average Bonchev–Trinajstić information content (AvgIpc) is 2.29. The van der Waals surface area contributed by atoms with E-state index < -0.39 is 11.6 Å². The van der Waals surface area contributed by atoms with Crippen molar-refractivity contribution in [1.82, 2.24) is 5.32 Å². The fourth-order valence-corrected chi connectivity index (χ4v) is 2.60. The van der Waals surface area contributed by atoms with Crippen molar-refractivity contribution >= 4 is 5.91 Å². The third kappa shape index (κ3) is 3.82. The Hall–Kier alpha value is -0.870. The predicted molar refractivity (Wildman–Crippen MR) is 68.4 cm³/mol. The molecule has 0 aromatic heterocycles. The number of nitrogens with one attached hydrogen (secondary N) is 1. The van der Waals surface area contributed by atoms with Crippen LogP contribution in [-0.4, -0.2) is 29.2 Å². The molecule has 98 valence electrons. The molecule has 3 unspecified atom stereocenters. The monoisotopic (exact) mass is 240 g/mol. The van der Waals surface area contributed by atoms with Crippen molar-refractivity contribution in [1.29, 1.82) is 0 Å². The highest BCUT2D eigenvalue weighted by molar-refractivity contribution is 5.82. The number of rotatable bonds is 5. The first kappa shape index (κ1) is 14.2. The Kier molecular flexibility index (Phi) is 5.15. The van der Waals surface area contributed by atoms with Gasteiger partial charge in [0.15, 0.2) is 0 Å². The van der Waals surface area contributed by atoms with E-state index in [-0.39, 0.29) is 12.5 Å². The van der Waals surface area contributed by atoms with E-state index in [1.165, 1.54) is 0 Å². The summed E-state index contributed by atoms with van der Waals surface area (Å²) in [6.45, 7) is 5.71. The van der Waals surface area contributed by atoms with Gasteiger partial charge in [-0.2, -0.15) is 0 Å². The number of carbonyl (C=O) groups excluding carboxylic acids is 1. The molecule has 1 amide bonds. The third-order valence-corrected chi connectivity index (χ3v) is 3.54. The van der Waals surface area contributed by atoms with Gasteiger partial charge in [-0.05, 0) is 25.2 Å². The lowest BCUT2D eigenvalue weighted by atomic mass is 9.76. The van der Waals surface area contributed by atoms with Crippen LogP contribution in [0.4, 0.5) is 0 Å². The molecular weight excluding hydrogens is 216 g/mol. The normalized spacial score (nSPS) is 30.6. The maximum Gasteiger partial charge on any atom is 0.237 e. The van der Waals surface area contributed by atoms with Crippen molar-refractivity contribution in [2.45, 2.75) is 50.6 Å². The number of amides is 1. The van der Waals surface area contributed by atoms with Gasteiger partial charge in [0.25, 0.3) is 0 Å². The summed E-state index contributed by atoms with van der Waals surface area (Å²) in [5.74, 6) is 0.347. The molecule has 4 N–H and O–H groups in total. The van der Waals surface area contributed by atoms with E-state index in [9.17, 15) is 9.90 Å².